The summed E-state index contributed by atoms with van der Waals surface area (Å²) in [4.78, 5) is 23.8. The van der Waals surface area contributed by atoms with Gasteiger partial charge in [0.2, 0.25) is 5.75 Å². The number of nitrogens with one attached hydrogen (secondary N) is 1. The van der Waals surface area contributed by atoms with Gasteiger partial charge in [-0.2, -0.15) is 0 Å². The highest BCUT2D eigenvalue weighted by atomic mass is 16.5. The number of nitrogens with two attached hydrogens (primary N) is 1. The van der Waals surface area contributed by atoms with Gasteiger partial charge in [0.1, 0.15) is 0 Å². The average Bonchev–Trinajstić information content (AvgIpc) is 2.66. The molecule has 0 heterocycles. The van der Waals surface area contributed by atoms with Crippen LogP contribution in [0.3, 0.4) is 0 Å². The van der Waals surface area contributed by atoms with Crippen LogP contribution in [0.5, 0.6) is 17.2 Å². The molecule has 7 heteroatoms. The Morgan fingerprint density at radius 3 is 2.15 bits per heavy atom. The lowest BCUT2D eigenvalue weighted by Crippen LogP contribution is -2.13. The largest absolute Gasteiger partial charge is 0.493 e. The lowest BCUT2D eigenvalue weighted by atomic mass is 10.1. The molecule has 7 nitrogen and oxygen atoms in total. The fraction of sp³-hybridized carbons (Fsp3) is 0.158. The van der Waals surface area contributed by atoms with E-state index >= 15 is 0 Å². The summed E-state index contributed by atoms with van der Waals surface area (Å²) in [5, 5.41) is 2.89. The summed E-state index contributed by atoms with van der Waals surface area (Å²) in [7, 11) is 4.44. The van der Waals surface area contributed by atoms with Crippen molar-refractivity contribution < 1.29 is 23.8 Å². The van der Waals surface area contributed by atoms with Crippen LogP contribution in [0.25, 0.3) is 0 Å². The number of hydrogen-bond acceptors (Lipinski definition) is 6. The second-order valence-electron chi connectivity index (χ2n) is 5.17. The molecule has 26 heavy (non-hydrogen) atoms. The summed E-state index contributed by atoms with van der Waals surface area (Å²) < 4.78 is 15.7. The Kier molecular flexibility index (Phi) is 6.21. The number of anilines is 1. The monoisotopic (exact) mass is 356 g/mol. The number of amides is 1. The third-order valence-electron chi connectivity index (χ3n) is 3.62. The van der Waals surface area contributed by atoms with Crippen molar-refractivity contribution in [2.24, 2.45) is 5.73 Å². The Balaban J connectivity index is 2.22. The molecular formula is C19H20N2O5. The van der Waals surface area contributed by atoms with Gasteiger partial charge in [-0.1, -0.05) is 12.1 Å². The number of carbonyl (C=O) groups excluding carboxylic acids is 2. The van der Waals surface area contributed by atoms with Crippen LogP contribution in [0.15, 0.2) is 48.7 Å². The number of allylic oxidation sites excluding steroid dienone is 1. The van der Waals surface area contributed by atoms with Gasteiger partial charge in [0.15, 0.2) is 17.3 Å². The molecule has 0 aliphatic rings. The van der Waals surface area contributed by atoms with Crippen LogP contribution in [0.2, 0.25) is 0 Å². The maximum Gasteiger partial charge on any atom is 0.250 e. The van der Waals surface area contributed by atoms with Gasteiger partial charge in [-0.05, 0) is 24.3 Å². The van der Waals surface area contributed by atoms with Gasteiger partial charge in [0.25, 0.3) is 5.91 Å². The van der Waals surface area contributed by atoms with E-state index in [2.05, 4.69) is 5.32 Å². The minimum Gasteiger partial charge on any atom is -0.493 e. The van der Waals surface area contributed by atoms with E-state index in [1.165, 1.54) is 33.6 Å². The van der Waals surface area contributed by atoms with E-state index in [1.807, 2.05) is 0 Å². The Labute approximate surface area is 151 Å². The molecule has 0 unspecified atom stereocenters. The predicted molar refractivity (Wildman–Crippen MR) is 98.2 cm³/mol. The van der Waals surface area contributed by atoms with Crippen molar-refractivity contribution in [3.05, 3.63) is 59.8 Å². The van der Waals surface area contributed by atoms with Crippen LogP contribution >= 0.6 is 0 Å². The van der Waals surface area contributed by atoms with Gasteiger partial charge in [-0.15, -0.1) is 0 Å². The fourth-order valence-corrected chi connectivity index (χ4v) is 2.35. The molecule has 3 N–H and O–H groups in total. The second-order valence-corrected chi connectivity index (χ2v) is 5.17. The Hall–Kier alpha value is -3.48. The van der Waals surface area contributed by atoms with Crippen molar-refractivity contribution in [3.8, 4) is 17.2 Å². The summed E-state index contributed by atoms with van der Waals surface area (Å²) >= 11 is 0. The molecule has 0 fully saturated rings. The molecule has 1 amide bonds. The number of carbonyl (C=O) groups is 2. The number of ketones is 1. The first-order chi connectivity index (χ1) is 12.5. The minimum absolute atomic E-state index is 0.284. The van der Waals surface area contributed by atoms with E-state index in [4.69, 9.17) is 19.9 Å². The summed E-state index contributed by atoms with van der Waals surface area (Å²) in [5.74, 6) is 0.334. The molecule has 0 spiro atoms. The van der Waals surface area contributed by atoms with Gasteiger partial charge < -0.3 is 25.3 Å². The number of rotatable bonds is 8. The Morgan fingerprint density at radius 1 is 1.00 bits per heavy atom. The third kappa shape index (κ3) is 4.13. The summed E-state index contributed by atoms with van der Waals surface area (Å²) in [6, 6.07) is 9.87. The number of hydrogen-bond donors (Lipinski definition) is 2. The van der Waals surface area contributed by atoms with Gasteiger partial charge in [0.05, 0.1) is 32.6 Å². The van der Waals surface area contributed by atoms with Gasteiger partial charge in [0, 0.05) is 17.8 Å². The Morgan fingerprint density at radius 2 is 1.62 bits per heavy atom. The first kappa shape index (κ1) is 18.9. The van der Waals surface area contributed by atoms with Crippen molar-refractivity contribution in [2.75, 3.05) is 26.6 Å². The van der Waals surface area contributed by atoms with Gasteiger partial charge in [-0.3, -0.25) is 9.59 Å². The van der Waals surface area contributed by atoms with E-state index in [0.29, 0.717) is 34.1 Å². The minimum atomic E-state index is -0.558. The molecule has 0 aromatic heterocycles. The molecule has 0 aliphatic heterocycles. The van der Waals surface area contributed by atoms with Crippen molar-refractivity contribution in [2.45, 2.75) is 0 Å². The number of methoxy groups -OCH3 is 3. The normalized spacial score (nSPS) is 10.4. The van der Waals surface area contributed by atoms with Crippen molar-refractivity contribution in [3.63, 3.8) is 0 Å². The maximum absolute atomic E-state index is 12.4. The molecule has 0 radical (unpaired) electrons. The quantitative estimate of drug-likeness (QED) is 0.557. The smallest absolute Gasteiger partial charge is 0.250 e. The Bertz CT molecular complexity index is 821. The predicted octanol–water partition coefficient (Wildman–Crippen LogP) is 2.62. The molecular weight excluding hydrogens is 336 g/mol. The van der Waals surface area contributed by atoms with Crippen LogP contribution in [0.4, 0.5) is 5.69 Å². The number of benzene rings is 2. The maximum atomic E-state index is 12.4. The second kappa shape index (κ2) is 8.57. The summed E-state index contributed by atoms with van der Waals surface area (Å²) in [5.41, 5.74) is 6.52. The van der Waals surface area contributed by atoms with E-state index in [0.717, 1.165) is 0 Å². The van der Waals surface area contributed by atoms with Crippen LogP contribution in [0.1, 0.15) is 20.7 Å². The van der Waals surface area contributed by atoms with Crippen LogP contribution < -0.4 is 25.3 Å². The van der Waals surface area contributed by atoms with Crippen molar-refractivity contribution >= 4 is 17.4 Å². The molecule has 2 aromatic carbocycles. The third-order valence-corrected chi connectivity index (χ3v) is 3.62. The van der Waals surface area contributed by atoms with E-state index < -0.39 is 5.91 Å². The van der Waals surface area contributed by atoms with E-state index in [9.17, 15) is 9.59 Å². The zero-order chi connectivity index (χ0) is 19.1. The zero-order valence-corrected chi connectivity index (χ0v) is 14.7. The zero-order valence-electron chi connectivity index (χ0n) is 14.7. The average molecular weight is 356 g/mol. The van der Waals surface area contributed by atoms with Gasteiger partial charge >= 0.3 is 0 Å². The number of para-hydroxylation sites is 1. The molecule has 0 saturated heterocycles. The standard InChI is InChI=1S/C19H20N2O5/c1-24-16-10-12(11-17(25-2)18(16)26-3)15(22)8-9-21-14-7-5-4-6-13(14)19(20)23/h4-11,21H,1-3H3,(H2,20,23)/b9-8+. The fourth-order valence-electron chi connectivity index (χ4n) is 2.35. The molecule has 136 valence electrons. The summed E-state index contributed by atoms with van der Waals surface area (Å²) in [6.45, 7) is 0. The first-order valence-electron chi connectivity index (χ1n) is 7.68. The molecule has 0 atom stereocenters. The summed E-state index contributed by atoms with van der Waals surface area (Å²) in [6.07, 6.45) is 2.77. The van der Waals surface area contributed by atoms with Gasteiger partial charge in [-0.25, -0.2) is 0 Å². The van der Waals surface area contributed by atoms with E-state index in [1.54, 1.807) is 36.4 Å². The topological polar surface area (TPSA) is 99.9 Å². The highest BCUT2D eigenvalue weighted by Gasteiger charge is 2.15. The number of ether oxygens (including phenoxy) is 3. The van der Waals surface area contributed by atoms with Crippen molar-refractivity contribution in [1.82, 2.24) is 0 Å². The lowest BCUT2D eigenvalue weighted by molar-refractivity contribution is 0.0999. The van der Waals surface area contributed by atoms with Crippen molar-refractivity contribution in [1.29, 1.82) is 0 Å². The highest BCUT2D eigenvalue weighted by Crippen LogP contribution is 2.38. The molecule has 0 saturated carbocycles. The van der Waals surface area contributed by atoms with Crippen LogP contribution in [-0.2, 0) is 0 Å². The highest BCUT2D eigenvalue weighted by molar-refractivity contribution is 6.05. The lowest BCUT2D eigenvalue weighted by Gasteiger charge is -2.13. The van der Waals surface area contributed by atoms with Crippen LogP contribution in [0, 0.1) is 0 Å². The van der Waals surface area contributed by atoms with E-state index in [-0.39, 0.29) is 5.78 Å². The SMILES string of the molecule is COc1cc(C(=O)/C=C/Nc2ccccc2C(N)=O)cc(OC)c1OC. The molecule has 0 aliphatic carbocycles. The molecule has 2 aromatic rings. The first-order valence-corrected chi connectivity index (χ1v) is 7.68. The van der Waals surface area contributed by atoms with Crippen LogP contribution in [-0.4, -0.2) is 33.0 Å². The number of primary amides is 1. The molecule has 0 bridgehead atoms. The molecule has 2 rings (SSSR count).